The van der Waals surface area contributed by atoms with Crippen LogP contribution in [0.3, 0.4) is 0 Å². The number of aliphatic carboxylic acids is 2. The molecule has 2 saturated heterocycles. The summed E-state index contributed by atoms with van der Waals surface area (Å²) in [7, 11) is 1.62. The lowest BCUT2D eigenvalue weighted by molar-refractivity contribution is -0.140. The molecule has 2 fully saturated rings. The number of nitrogens with one attached hydrogen (secondary N) is 3. The summed E-state index contributed by atoms with van der Waals surface area (Å²) in [5.74, 6) is -1.84. The van der Waals surface area contributed by atoms with Crippen LogP contribution in [0.25, 0.3) is 44.3 Å². The highest BCUT2D eigenvalue weighted by molar-refractivity contribution is 6.32. The number of nitrogens with zero attached hydrogens (tertiary/aromatic N) is 12. The average Bonchev–Trinajstić information content (AvgIpc) is 0.787. The molecule has 0 atom stereocenters. The van der Waals surface area contributed by atoms with E-state index in [-0.39, 0.29) is 79.9 Å². The number of amides is 3. The van der Waals surface area contributed by atoms with Gasteiger partial charge >= 0.3 is 18.0 Å². The zero-order chi connectivity index (χ0) is 86.6. The first-order valence-electron chi connectivity index (χ1n) is 40.9. The van der Waals surface area contributed by atoms with Gasteiger partial charge in [-0.25, -0.2) is 24.7 Å². The monoisotopic (exact) mass is 1730 g/mol. The van der Waals surface area contributed by atoms with Gasteiger partial charge < -0.3 is 106 Å². The van der Waals surface area contributed by atoms with E-state index >= 15 is 0 Å². The van der Waals surface area contributed by atoms with Crippen LogP contribution in [0.4, 0.5) is 28.1 Å². The number of piperazine rings is 2. The van der Waals surface area contributed by atoms with Gasteiger partial charge in [-0.2, -0.15) is 9.98 Å². The number of benzene rings is 4. The van der Waals surface area contributed by atoms with E-state index in [9.17, 15) is 28.8 Å². The normalized spacial score (nSPS) is 13.2. The molecule has 2 aliphatic rings. The van der Waals surface area contributed by atoms with Gasteiger partial charge in [0.15, 0.2) is 11.9 Å². The third-order valence-corrected chi connectivity index (χ3v) is 19.2. The Morgan fingerprint density at radius 2 is 0.785 bits per heavy atom. The molecule has 37 nitrogen and oxygen atoms in total. The smallest absolute Gasteiger partial charge is 0.317 e. The van der Waals surface area contributed by atoms with Crippen molar-refractivity contribution in [2.45, 2.75) is 45.4 Å². The molecule has 666 valence electrons. The average molecular weight is 1730 g/mol. The summed E-state index contributed by atoms with van der Waals surface area (Å²) in [6.45, 7) is 21.0. The van der Waals surface area contributed by atoms with Crippen LogP contribution < -0.4 is 48.7 Å². The van der Waals surface area contributed by atoms with E-state index in [4.69, 9.17) is 104 Å². The Balaban J connectivity index is 0.000000341. The topological polar surface area (TPSA) is 471 Å². The number of aliphatic imine (C=N–C) groups is 2. The van der Waals surface area contributed by atoms with Crippen molar-refractivity contribution in [3.8, 4) is 22.5 Å². The number of carboxylic acid groups (broad SMARTS) is 2. The molecular weight excluding hydrogens is 1610 g/mol. The minimum atomic E-state index is -1.06. The Morgan fingerprint density at radius 1 is 0.430 bits per heavy atom. The molecule has 2 aromatic heterocycles. The maximum absolute atomic E-state index is 12.3. The van der Waals surface area contributed by atoms with Gasteiger partial charge in [0.2, 0.25) is 5.91 Å². The molecule has 0 bridgehead atoms. The maximum atomic E-state index is 12.3. The fourth-order valence-corrected chi connectivity index (χ4v) is 13.0. The standard InChI is InChI=1S/C44H66ClN11O11.C38H55ClN8O7/c1-53(31-39(58)59)12-13-55(32-40(60)61)30-36(57)3-2-19-63-23-24-64-20-10-48-44(62)49-11-21-65-25-27-67-28-26-66-22-18-54-14-16-56(17-15-54)35-7-4-33(5-8-35)41-37-29-34(45)6-9-38(37)50-43(51-41)52-42(46)47;1-29(48)42-12-20-52-24-22-50-18-2-4-33(49)5-3-19-51-23-26-54-27-25-53-21-17-46-13-15-47(16-14-46)32-9-6-30(7-10-32)36-34-28-31(39)8-11-35(34)43-38(44-36)45-37(40)41/h4-9,29H,2-3,10-28,30-32H2,1H3,(H,58,59)(H,60,61)(H2,48,49,62)(H4,46,47,50,51,52);6-11,28H,2-5,12-27H2,1H3,(H,42,48)(H4,40,41,43,44,45). The highest BCUT2D eigenvalue weighted by atomic mass is 35.5. The van der Waals surface area contributed by atoms with Crippen LogP contribution in [0.5, 0.6) is 0 Å². The molecule has 6 aromatic rings. The zero-order valence-corrected chi connectivity index (χ0v) is 71.1. The number of rotatable bonds is 60. The summed E-state index contributed by atoms with van der Waals surface area (Å²) in [5, 5.41) is 28.9. The van der Waals surface area contributed by atoms with Crippen LogP contribution in [-0.2, 0) is 71.3 Å². The maximum Gasteiger partial charge on any atom is 0.317 e. The van der Waals surface area contributed by atoms with Crippen LogP contribution in [-0.4, -0.2) is 354 Å². The molecule has 4 heterocycles. The van der Waals surface area contributed by atoms with Gasteiger partial charge in [-0.15, -0.1) is 0 Å². The molecule has 39 heteroatoms. The van der Waals surface area contributed by atoms with Gasteiger partial charge in [-0.1, -0.05) is 47.5 Å². The second-order valence-corrected chi connectivity index (χ2v) is 29.2. The second-order valence-electron chi connectivity index (χ2n) is 28.3. The summed E-state index contributed by atoms with van der Waals surface area (Å²) < 4.78 is 55.7. The third-order valence-electron chi connectivity index (χ3n) is 18.7. The summed E-state index contributed by atoms with van der Waals surface area (Å²) >= 11 is 12.6. The first-order chi connectivity index (χ1) is 58.6. The van der Waals surface area contributed by atoms with E-state index in [1.807, 2.05) is 36.4 Å². The van der Waals surface area contributed by atoms with E-state index in [0.29, 0.717) is 223 Å². The van der Waals surface area contributed by atoms with Crippen molar-refractivity contribution < 1.29 is 86.3 Å². The Kier molecular flexibility index (Phi) is 47.3. The van der Waals surface area contributed by atoms with Crippen molar-refractivity contribution in [1.29, 1.82) is 0 Å². The molecule has 3 amide bonds. The molecular formula is C82H121Cl2N19O18. The first kappa shape index (κ1) is 98.8. The highest BCUT2D eigenvalue weighted by Crippen LogP contribution is 2.34. The third kappa shape index (κ3) is 41.4. The van der Waals surface area contributed by atoms with E-state index in [0.717, 1.165) is 98.7 Å². The van der Waals surface area contributed by atoms with Crippen LogP contribution in [0.15, 0.2) is 94.9 Å². The van der Waals surface area contributed by atoms with E-state index in [1.54, 1.807) is 24.1 Å². The molecule has 0 saturated carbocycles. The number of likely N-dealkylation sites (N-methyl/N-ethyl adjacent to an activating group) is 1. The van der Waals surface area contributed by atoms with Crippen LogP contribution in [0, 0.1) is 0 Å². The number of carbonyl (C=O) groups is 6. The van der Waals surface area contributed by atoms with Crippen molar-refractivity contribution in [3.05, 3.63) is 95.0 Å². The largest absolute Gasteiger partial charge is 0.480 e. The number of carbonyl (C=O) groups excluding carboxylic acids is 4. The number of hydrogen-bond donors (Lipinski definition) is 9. The quantitative estimate of drug-likeness (QED) is 0.0145. The number of ketones is 2. The number of carboxylic acids is 2. The van der Waals surface area contributed by atoms with Crippen LogP contribution in [0.1, 0.15) is 45.4 Å². The lowest BCUT2D eigenvalue weighted by Gasteiger charge is -2.36. The molecule has 8 rings (SSSR count). The molecule has 121 heavy (non-hydrogen) atoms. The molecule has 0 spiro atoms. The highest BCUT2D eigenvalue weighted by Gasteiger charge is 2.22. The number of fused-ring (bicyclic) bond motifs is 2. The number of hydrogen-bond acceptors (Lipinski definition) is 28. The number of urea groups is 1. The number of ether oxygens (including phenoxy) is 10. The number of halogens is 2. The first-order valence-corrected chi connectivity index (χ1v) is 41.6. The molecule has 0 radical (unpaired) electrons. The van der Waals surface area contributed by atoms with Crippen molar-refractivity contribution in [2.24, 2.45) is 32.9 Å². The summed E-state index contributed by atoms with van der Waals surface area (Å²) in [5.41, 5.74) is 29.3. The fourth-order valence-electron chi connectivity index (χ4n) is 12.6. The molecule has 13 N–H and O–H groups in total. The fraction of sp³-hybridized carbons (Fsp3) is 0.561. The van der Waals surface area contributed by atoms with Crippen LogP contribution in [0.2, 0.25) is 10.0 Å². The Bertz CT molecular complexity index is 4130. The second kappa shape index (κ2) is 57.9. The van der Waals surface area contributed by atoms with Crippen molar-refractivity contribution in [2.75, 3.05) is 267 Å². The minimum absolute atomic E-state index is 0.0328. The van der Waals surface area contributed by atoms with Gasteiger partial charge in [0.25, 0.3) is 11.9 Å². The summed E-state index contributed by atoms with van der Waals surface area (Å²) in [6, 6.07) is 27.2. The Labute approximate surface area is 716 Å². The van der Waals surface area contributed by atoms with E-state index in [2.05, 4.69) is 102 Å². The van der Waals surface area contributed by atoms with Gasteiger partial charge in [-0.3, -0.25) is 43.6 Å². The van der Waals surface area contributed by atoms with Crippen molar-refractivity contribution >= 4 is 116 Å². The number of nitrogens with two attached hydrogens (primary N) is 4. The van der Waals surface area contributed by atoms with Gasteiger partial charge in [0.1, 0.15) is 11.6 Å². The van der Waals surface area contributed by atoms with Gasteiger partial charge in [-0.05, 0) is 87.0 Å². The van der Waals surface area contributed by atoms with E-state index < -0.39 is 11.9 Å². The molecule has 0 unspecified atom stereocenters. The number of anilines is 2. The number of aromatic nitrogens is 4. The van der Waals surface area contributed by atoms with Crippen molar-refractivity contribution in [1.82, 2.24) is 55.5 Å². The Hall–Kier alpha value is -9.26. The molecule has 4 aromatic carbocycles. The van der Waals surface area contributed by atoms with Crippen LogP contribution >= 0.6 is 23.2 Å². The zero-order valence-electron chi connectivity index (χ0n) is 69.6. The SMILES string of the molecule is CC(=O)NCCOCCOCCCC(=O)CCCOCCOCCOCCN1CCN(c2ccc(-c3nc(N=C(N)N)nc4ccc(Cl)cc34)cc2)CC1.CN(CCN(CC(=O)O)CC(=O)CCCOCCOCCNC(=O)NCCOCCOCCOCCN1CCN(c2ccc(-c3nc(N=C(N)N)nc4ccc(Cl)cc34)cc2)CC1)CC(=O)O. The van der Waals surface area contributed by atoms with Gasteiger partial charge in [0, 0.05) is 187 Å². The summed E-state index contributed by atoms with van der Waals surface area (Å²) in [6.07, 6.45) is 3.11. The number of Topliss-reactive ketones (excluding diaryl/α,β-unsaturated/α-hetero) is 2. The lowest BCUT2D eigenvalue weighted by atomic mass is 10.1. The van der Waals surface area contributed by atoms with Gasteiger partial charge in [0.05, 0.1) is 154 Å². The Morgan fingerprint density at radius 3 is 1.16 bits per heavy atom. The predicted molar refractivity (Wildman–Crippen MR) is 463 cm³/mol. The summed E-state index contributed by atoms with van der Waals surface area (Å²) in [4.78, 5) is 108. The minimum Gasteiger partial charge on any atom is -0.480 e. The molecule has 0 aliphatic carbocycles. The predicted octanol–water partition coefficient (Wildman–Crippen LogP) is 4.44. The number of guanidine groups is 2. The van der Waals surface area contributed by atoms with Crippen molar-refractivity contribution in [3.63, 3.8) is 0 Å². The molecule has 2 aliphatic heterocycles. The van der Waals surface area contributed by atoms with E-state index in [1.165, 1.54) is 11.8 Å². The lowest BCUT2D eigenvalue weighted by Crippen LogP contribution is -2.47.